The van der Waals surface area contributed by atoms with Gasteiger partial charge in [-0.05, 0) is 50.6 Å². The smallest absolute Gasteiger partial charge is 0.326 e. The number of ether oxygens (including phenoxy) is 1. The molecule has 1 fully saturated rings. The van der Waals surface area contributed by atoms with E-state index in [4.69, 9.17) is 4.74 Å². The van der Waals surface area contributed by atoms with Crippen molar-refractivity contribution in [2.24, 2.45) is 5.92 Å². The molecule has 2 amide bonds. The topological polar surface area (TPSA) is 109 Å². The molecule has 1 aliphatic rings. The Morgan fingerprint density at radius 3 is 2.79 bits per heavy atom. The molecule has 1 aliphatic heterocycles. The summed E-state index contributed by atoms with van der Waals surface area (Å²) in [4.78, 5) is 39.7. The lowest BCUT2D eigenvalue weighted by Crippen LogP contribution is -2.39. The first kappa shape index (κ1) is 22.8. The van der Waals surface area contributed by atoms with Crippen LogP contribution in [0.5, 0.6) is 0 Å². The second kappa shape index (κ2) is 11.0. The molecule has 2 N–H and O–H groups in total. The van der Waals surface area contributed by atoms with Crippen LogP contribution in [-0.2, 0) is 16.1 Å². The fourth-order valence-corrected chi connectivity index (χ4v) is 4.50. The number of likely N-dealkylation sites (tertiary alicyclic amines) is 1. The van der Waals surface area contributed by atoms with E-state index in [1.807, 2.05) is 31.2 Å². The summed E-state index contributed by atoms with van der Waals surface area (Å²) < 4.78 is 5.18. The number of urea groups is 1. The molecule has 3 aromatic heterocycles. The van der Waals surface area contributed by atoms with Crippen molar-refractivity contribution in [1.29, 1.82) is 0 Å². The van der Waals surface area contributed by atoms with E-state index >= 15 is 0 Å². The number of nitrogens with zero attached hydrogens (tertiary/aromatic N) is 4. The van der Waals surface area contributed by atoms with Crippen LogP contribution in [0.2, 0.25) is 0 Å². The lowest BCUT2D eigenvalue weighted by molar-refractivity contribution is -0.150. The Morgan fingerprint density at radius 2 is 1.97 bits per heavy atom. The third-order valence-electron chi connectivity index (χ3n) is 5.23. The zero-order valence-corrected chi connectivity index (χ0v) is 19.2. The Labute approximate surface area is 196 Å². The molecule has 0 bridgehead atoms. The highest BCUT2D eigenvalue weighted by Crippen LogP contribution is 2.25. The van der Waals surface area contributed by atoms with Gasteiger partial charge in [0.1, 0.15) is 16.6 Å². The summed E-state index contributed by atoms with van der Waals surface area (Å²) in [5.41, 5.74) is 1.77. The summed E-state index contributed by atoms with van der Waals surface area (Å²) in [6, 6.07) is 8.84. The van der Waals surface area contributed by atoms with Gasteiger partial charge in [0, 0.05) is 36.4 Å². The Bertz CT molecular complexity index is 1090. The number of hydrogen-bond donors (Lipinski definition) is 2. The van der Waals surface area contributed by atoms with E-state index in [1.165, 1.54) is 11.3 Å². The van der Waals surface area contributed by atoms with Crippen LogP contribution in [0.25, 0.3) is 10.6 Å². The van der Waals surface area contributed by atoms with Crippen molar-refractivity contribution < 1.29 is 14.3 Å². The van der Waals surface area contributed by atoms with Crippen molar-refractivity contribution in [3.05, 3.63) is 53.8 Å². The lowest BCUT2D eigenvalue weighted by atomic mass is 9.98. The number of thiazole rings is 1. The minimum Gasteiger partial charge on any atom is -0.466 e. The summed E-state index contributed by atoms with van der Waals surface area (Å²) in [5.74, 6) is 0.699. The Morgan fingerprint density at radius 1 is 1.15 bits per heavy atom. The number of nitrogens with one attached hydrogen (secondary N) is 2. The Kier molecular flexibility index (Phi) is 7.59. The Hall–Kier alpha value is -3.37. The summed E-state index contributed by atoms with van der Waals surface area (Å²) >= 11 is 1.44. The average molecular weight is 467 g/mol. The SMILES string of the molecule is CCOC(=O)C1CCCN(Cc2cccc(NC(=O)Nc3csc(-c4ccncc4)n3)n2)C1. The van der Waals surface area contributed by atoms with Crippen LogP contribution < -0.4 is 10.6 Å². The highest BCUT2D eigenvalue weighted by molar-refractivity contribution is 7.13. The van der Waals surface area contributed by atoms with Gasteiger partial charge in [-0.2, -0.15) is 0 Å². The summed E-state index contributed by atoms with van der Waals surface area (Å²) in [5, 5.41) is 8.09. The van der Waals surface area contributed by atoms with Gasteiger partial charge in [-0.3, -0.25) is 25.3 Å². The van der Waals surface area contributed by atoms with Crippen LogP contribution in [0.4, 0.5) is 16.4 Å². The first-order chi connectivity index (χ1) is 16.1. The average Bonchev–Trinajstić information content (AvgIpc) is 3.28. The maximum Gasteiger partial charge on any atom is 0.326 e. The van der Waals surface area contributed by atoms with Gasteiger partial charge in [-0.1, -0.05) is 6.07 Å². The molecule has 4 heterocycles. The first-order valence-corrected chi connectivity index (χ1v) is 11.8. The van der Waals surface area contributed by atoms with Crippen LogP contribution in [0.1, 0.15) is 25.5 Å². The van der Waals surface area contributed by atoms with Crippen LogP contribution in [0.3, 0.4) is 0 Å². The minimum absolute atomic E-state index is 0.0964. The molecule has 0 saturated carbocycles. The van der Waals surface area contributed by atoms with Gasteiger partial charge in [0.05, 0.1) is 18.2 Å². The number of carbonyl (C=O) groups excluding carboxylic acids is 2. The van der Waals surface area contributed by atoms with E-state index in [-0.39, 0.29) is 11.9 Å². The van der Waals surface area contributed by atoms with Crippen molar-refractivity contribution in [2.75, 3.05) is 30.3 Å². The predicted molar refractivity (Wildman–Crippen MR) is 127 cm³/mol. The molecule has 172 valence electrons. The van der Waals surface area contributed by atoms with Crippen molar-refractivity contribution in [1.82, 2.24) is 19.9 Å². The van der Waals surface area contributed by atoms with Crippen LogP contribution in [0.15, 0.2) is 48.1 Å². The van der Waals surface area contributed by atoms with Crippen LogP contribution in [0, 0.1) is 5.92 Å². The van der Waals surface area contributed by atoms with Gasteiger partial charge < -0.3 is 4.74 Å². The molecule has 9 nitrogen and oxygen atoms in total. The number of pyridine rings is 2. The number of piperidine rings is 1. The molecule has 0 radical (unpaired) electrons. The van der Waals surface area contributed by atoms with E-state index in [1.54, 1.807) is 23.8 Å². The predicted octanol–water partition coefficient (Wildman–Crippen LogP) is 4.02. The molecular formula is C23H26N6O3S. The molecule has 3 aromatic rings. The van der Waals surface area contributed by atoms with Gasteiger partial charge in [0.2, 0.25) is 0 Å². The first-order valence-electron chi connectivity index (χ1n) is 10.9. The molecule has 0 aliphatic carbocycles. The number of anilines is 2. The Balaban J connectivity index is 1.32. The maximum absolute atomic E-state index is 12.4. The summed E-state index contributed by atoms with van der Waals surface area (Å²) in [7, 11) is 0. The highest BCUT2D eigenvalue weighted by atomic mass is 32.1. The zero-order valence-electron chi connectivity index (χ0n) is 18.4. The molecular weight excluding hydrogens is 440 g/mol. The largest absolute Gasteiger partial charge is 0.466 e. The van der Waals surface area contributed by atoms with Crippen LogP contribution >= 0.6 is 11.3 Å². The second-order valence-corrected chi connectivity index (χ2v) is 8.55. The van der Waals surface area contributed by atoms with E-state index < -0.39 is 6.03 Å². The van der Waals surface area contributed by atoms with Gasteiger partial charge >= 0.3 is 12.0 Å². The van der Waals surface area contributed by atoms with E-state index in [9.17, 15) is 9.59 Å². The van der Waals surface area contributed by atoms with Crippen molar-refractivity contribution in [3.8, 4) is 10.6 Å². The van der Waals surface area contributed by atoms with E-state index in [2.05, 4.69) is 30.5 Å². The van der Waals surface area contributed by atoms with Crippen molar-refractivity contribution >= 4 is 35.0 Å². The molecule has 1 atom stereocenters. The third kappa shape index (κ3) is 6.33. The summed E-state index contributed by atoms with van der Waals surface area (Å²) in [6.07, 6.45) is 5.20. The molecule has 0 aromatic carbocycles. The molecule has 33 heavy (non-hydrogen) atoms. The second-order valence-electron chi connectivity index (χ2n) is 7.69. The molecule has 4 rings (SSSR count). The van der Waals surface area contributed by atoms with Crippen LogP contribution in [-0.4, -0.2) is 51.5 Å². The highest BCUT2D eigenvalue weighted by Gasteiger charge is 2.27. The number of hydrogen-bond acceptors (Lipinski definition) is 8. The lowest BCUT2D eigenvalue weighted by Gasteiger charge is -2.31. The fourth-order valence-electron chi connectivity index (χ4n) is 3.74. The number of esters is 1. The number of amides is 2. The zero-order chi connectivity index (χ0) is 23.0. The number of rotatable bonds is 7. The molecule has 1 saturated heterocycles. The normalized spacial score (nSPS) is 16.2. The van der Waals surface area contributed by atoms with Gasteiger partial charge in [0.15, 0.2) is 0 Å². The molecule has 1 unspecified atom stereocenters. The monoisotopic (exact) mass is 466 g/mol. The summed E-state index contributed by atoms with van der Waals surface area (Å²) in [6.45, 7) is 4.39. The quantitative estimate of drug-likeness (QED) is 0.506. The standard InChI is InChI=1S/C23H26N6O3S/c1-2-32-22(30)17-5-4-12-29(13-17)14-18-6-3-7-19(25-18)27-23(31)28-20-15-33-21(26-20)16-8-10-24-11-9-16/h3,6-11,15,17H,2,4-5,12-14H2,1H3,(H2,25,27,28,31). The molecule has 10 heteroatoms. The van der Waals surface area contributed by atoms with Gasteiger partial charge in [-0.25, -0.2) is 14.8 Å². The van der Waals surface area contributed by atoms with Gasteiger partial charge in [-0.15, -0.1) is 11.3 Å². The fraction of sp³-hybridized carbons (Fsp3) is 0.348. The number of carbonyl (C=O) groups is 2. The van der Waals surface area contributed by atoms with Crippen molar-refractivity contribution in [3.63, 3.8) is 0 Å². The third-order valence-corrected chi connectivity index (χ3v) is 6.12. The van der Waals surface area contributed by atoms with Gasteiger partial charge in [0.25, 0.3) is 0 Å². The molecule has 0 spiro atoms. The minimum atomic E-state index is -0.411. The number of aromatic nitrogens is 3. The van der Waals surface area contributed by atoms with E-state index in [0.29, 0.717) is 31.3 Å². The maximum atomic E-state index is 12.4. The van der Waals surface area contributed by atoms with E-state index in [0.717, 1.165) is 35.7 Å². The van der Waals surface area contributed by atoms with Crippen molar-refractivity contribution in [2.45, 2.75) is 26.3 Å².